The molecule has 128 valence electrons. The highest BCUT2D eigenvalue weighted by molar-refractivity contribution is 7.09. The van der Waals surface area contributed by atoms with Crippen LogP contribution in [0.1, 0.15) is 31.2 Å². The molecule has 0 radical (unpaired) electrons. The van der Waals surface area contributed by atoms with Gasteiger partial charge in [-0.1, -0.05) is 39.0 Å². The van der Waals surface area contributed by atoms with Gasteiger partial charge in [0, 0.05) is 11.4 Å². The van der Waals surface area contributed by atoms with Gasteiger partial charge in [0.15, 0.2) is 5.96 Å². The van der Waals surface area contributed by atoms with Crippen molar-refractivity contribution >= 4 is 23.0 Å². The summed E-state index contributed by atoms with van der Waals surface area (Å²) in [7, 11) is 0. The summed E-state index contributed by atoms with van der Waals surface area (Å²) in [6, 6.07) is 9.69. The van der Waals surface area contributed by atoms with E-state index in [-0.39, 0.29) is 11.2 Å². The zero-order valence-electron chi connectivity index (χ0n) is 14.5. The van der Waals surface area contributed by atoms with Gasteiger partial charge in [0.2, 0.25) is 0 Å². The van der Waals surface area contributed by atoms with Crippen LogP contribution in [0.2, 0.25) is 0 Å². The highest BCUT2D eigenvalue weighted by atomic mass is 32.1. The number of hydrogen-bond donors (Lipinski definition) is 3. The Hall–Kier alpha value is -2.27. The number of aliphatic imine (C=N–C) groups is 1. The summed E-state index contributed by atoms with van der Waals surface area (Å²) in [5.74, 6) is 0.817. The lowest BCUT2D eigenvalue weighted by molar-refractivity contribution is 0.476. The molecule has 4 nitrogen and oxygen atoms in total. The monoisotopic (exact) mass is 343 g/mol. The van der Waals surface area contributed by atoms with Crippen LogP contribution in [-0.4, -0.2) is 17.6 Å². The molecule has 3 N–H and O–H groups in total. The van der Waals surface area contributed by atoms with Crippen LogP contribution in [0.15, 0.2) is 53.4 Å². The van der Waals surface area contributed by atoms with Gasteiger partial charge in [0.25, 0.3) is 0 Å². The van der Waals surface area contributed by atoms with Crippen LogP contribution in [0.3, 0.4) is 0 Å². The van der Waals surface area contributed by atoms with Crippen LogP contribution in [0.5, 0.6) is 5.75 Å². The molecule has 0 amide bonds. The van der Waals surface area contributed by atoms with E-state index >= 15 is 0 Å². The molecule has 0 aliphatic heterocycles. The third-order valence-electron chi connectivity index (χ3n) is 3.50. The van der Waals surface area contributed by atoms with Gasteiger partial charge in [-0.2, -0.15) is 0 Å². The maximum atomic E-state index is 10.2. The van der Waals surface area contributed by atoms with E-state index in [1.54, 1.807) is 23.5 Å². The first-order valence-electron chi connectivity index (χ1n) is 7.92. The first-order valence-corrected chi connectivity index (χ1v) is 8.80. The van der Waals surface area contributed by atoms with Crippen LogP contribution in [-0.2, 0) is 12.0 Å². The second kappa shape index (κ2) is 8.02. The van der Waals surface area contributed by atoms with E-state index in [9.17, 15) is 5.11 Å². The van der Waals surface area contributed by atoms with Gasteiger partial charge in [0.05, 0.1) is 12.2 Å². The van der Waals surface area contributed by atoms with Crippen LogP contribution in [0.25, 0.3) is 0 Å². The summed E-state index contributed by atoms with van der Waals surface area (Å²) in [6.07, 6.45) is 1.77. The number of anilines is 1. The van der Waals surface area contributed by atoms with Crippen LogP contribution in [0.4, 0.5) is 5.69 Å². The molecule has 2 rings (SSSR count). The predicted molar refractivity (Wildman–Crippen MR) is 104 cm³/mol. The molecule has 0 saturated carbocycles. The van der Waals surface area contributed by atoms with Gasteiger partial charge in [-0.25, -0.2) is 4.99 Å². The summed E-state index contributed by atoms with van der Waals surface area (Å²) < 4.78 is 0. The van der Waals surface area contributed by atoms with Crippen molar-refractivity contribution in [3.05, 3.63) is 58.8 Å². The number of nitrogens with one attached hydrogen (secondary N) is 2. The van der Waals surface area contributed by atoms with E-state index in [0.717, 1.165) is 5.56 Å². The van der Waals surface area contributed by atoms with Crippen molar-refractivity contribution in [2.75, 3.05) is 11.9 Å². The van der Waals surface area contributed by atoms with Crippen LogP contribution in [0, 0.1) is 0 Å². The van der Waals surface area contributed by atoms with Crippen molar-refractivity contribution in [1.82, 2.24) is 5.32 Å². The fraction of sp³-hybridized carbons (Fsp3) is 0.316. The van der Waals surface area contributed by atoms with Crippen LogP contribution < -0.4 is 10.6 Å². The van der Waals surface area contributed by atoms with Crippen molar-refractivity contribution in [1.29, 1.82) is 0 Å². The number of benzene rings is 1. The lowest BCUT2D eigenvalue weighted by Gasteiger charge is -2.21. The molecule has 0 saturated heterocycles. The Kier molecular flexibility index (Phi) is 6.04. The third-order valence-corrected chi connectivity index (χ3v) is 4.36. The molecule has 0 bridgehead atoms. The highest BCUT2D eigenvalue weighted by Gasteiger charge is 2.16. The Morgan fingerprint density at radius 2 is 2.12 bits per heavy atom. The maximum absolute atomic E-state index is 10.2. The zero-order chi connectivity index (χ0) is 17.6. The maximum Gasteiger partial charge on any atom is 0.196 e. The zero-order valence-corrected chi connectivity index (χ0v) is 15.3. The number of phenols is 1. The minimum absolute atomic E-state index is 0.00689. The Balaban J connectivity index is 2.22. The molecule has 1 aromatic carbocycles. The molecule has 1 aromatic heterocycles. The number of hydrogen-bond acceptors (Lipinski definition) is 3. The molecular formula is C19H25N3OS. The summed E-state index contributed by atoms with van der Waals surface area (Å²) in [4.78, 5) is 5.76. The molecule has 2 aromatic rings. The Morgan fingerprint density at radius 3 is 2.75 bits per heavy atom. The molecule has 0 atom stereocenters. The van der Waals surface area contributed by atoms with E-state index in [1.807, 2.05) is 23.6 Å². The fourth-order valence-corrected chi connectivity index (χ4v) is 2.73. The summed E-state index contributed by atoms with van der Waals surface area (Å²) in [5, 5.41) is 18.6. The second-order valence-corrected chi connectivity index (χ2v) is 7.55. The molecule has 24 heavy (non-hydrogen) atoms. The number of guanidine groups is 1. The molecule has 0 aliphatic carbocycles. The van der Waals surface area contributed by atoms with Gasteiger partial charge >= 0.3 is 0 Å². The highest BCUT2D eigenvalue weighted by Crippen LogP contribution is 2.30. The SMILES string of the molecule is C=CCNC(=NCc1cccs1)Nc1cc(C(C)(C)C)ccc1O. The van der Waals surface area contributed by atoms with Gasteiger partial charge in [-0.3, -0.25) is 0 Å². The lowest BCUT2D eigenvalue weighted by Crippen LogP contribution is -2.31. The predicted octanol–water partition coefficient (Wildman–Crippen LogP) is 4.49. The minimum Gasteiger partial charge on any atom is -0.506 e. The molecule has 5 heteroatoms. The van der Waals surface area contributed by atoms with E-state index in [2.05, 4.69) is 49.0 Å². The van der Waals surface area contributed by atoms with E-state index in [4.69, 9.17) is 0 Å². The third kappa shape index (κ3) is 5.13. The first kappa shape index (κ1) is 18.1. The molecule has 0 spiro atoms. The number of nitrogens with zero attached hydrogens (tertiary/aromatic N) is 1. The van der Waals surface area contributed by atoms with Gasteiger partial charge in [0.1, 0.15) is 5.75 Å². The quantitative estimate of drug-likeness (QED) is 0.324. The normalized spacial score (nSPS) is 12.0. The van der Waals surface area contributed by atoms with Gasteiger partial charge in [-0.15, -0.1) is 17.9 Å². The standard InChI is InChI=1S/C19H25N3OS/c1-5-10-20-18(21-13-15-7-6-11-24-15)22-16-12-14(19(2,3)4)8-9-17(16)23/h5-9,11-12,23H,1,10,13H2,2-4H3,(H2,20,21,22). The lowest BCUT2D eigenvalue weighted by atomic mass is 9.87. The average Bonchev–Trinajstić information content (AvgIpc) is 3.04. The van der Waals surface area contributed by atoms with Crippen molar-refractivity contribution in [3.63, 3.8) is 0 Å². The van der Waals surface area contributed by atoms with Gasteiger partial charge < -0.3 is 15.7 Å². The van der Waals surface area contributed by atoms with Crippen molar-refractivity contribution in [2.45, 2.75) is 32.7 Å². The molecule has 0 unspecified atom stereocenters. The summed E-state index contributed by atoms with van der Waals surface area (Å²) in [6.45, 7) is 11.3. The Bertz CT molecular complexity index is 700. The summed E-state index contributed by atoms with van der Waals surface area (Å²) in [5.41, 5.74) is 1.79. The first-order chi connectivity index (χ1) is 11.4. The number of aromatic hydroxyl groups is 1. The summed E-state index contributed by atoms with van der Waals surface area (Å²) >= 11 is 1.67. The van der Waals surface area contributed by atoms with E-state index < -0.39 is 0 Å². The van der Waals surface area contributed by atoms with Crippen LogP contribution >= 0.6 is 11.3 Å². The molecule has 1 heterocycles. The second-order valence-electron chi connectivity index (χ2n) is 6.52. The average molecular weight is 343 g/mol. The topological polar surface area (TPSA) is 56.7 Å². The van der Waals surface area contributed by atoms with Gasteiger partial charge in [-0.05, 0) is 34.6 Å². The number of thiophene rings is 1. The minimum atomic E-state index is 0.00689. The van der Waals surface area contributed by atoms with Crippen molar-refractivity contribution in [3.8, 4) is 5.75 Å². The smallest absolute Gasteiger partial charge is 0.196 e. The number of phenolic OH excluding ortho intramolecular Hbond substituents is 1. The largest absolute Gasteiger partial charge is 0.506 e. The Morgan fingerprint density at radius 1 is 1.33 bits per heavy atom. The molecule has 0 aliphatic rings. The number of rotatable bonds is 5. The van der Waals surface area contributed by atoms with Crippen molar-refractivity contribution < 1.29 is 5.11 Å². The van der Waals surface area contributed by atoms with E-state index in [0.29, 0.717) is 24.7 Å². The Labute approximate surface area is 148 Å². The van der Waals surface area contributed by atoms with E-state index in [1.165, 1.54) is 4.88 Å². The molecular weight excluding hydrogens is 318 g/mol. The van der Waals surface area contributed by atoms with Crippen molar-refractivity contribution in [2.24, 2.45) is 4.99 Å². The molecule has 0 fully saturated rings. The fourth-order valence-electron chi connectivity index (χ4n) is 2.10.